The average molecular weight is 295 g/mol. The molecule has 22 heavy (non-hydrogen) atoms. The maximum absolute atomic E-state index is 11.4. The van der Waals surface area contributed by atoms with Gasteiger partial charge in [0.25, 0.3) is 0 Å². The molecule has 0 saturated heterocycles. The summed E-state index contributed by atoms with van der Waals surface area (Å²) in [6.45, 7) is 2.02. The number of anilines is 1. The Morgan fingerprint density at radius 2 is 2.14 bits per heavy atom. The Morgan fingerprint density at radius 1 is 1.27 bits per heavy atom. The van der Waals surface area contributed by atoms with Crippen LogP contribution < -0.4 is 10.7 Å². The number of hydrogen-bond donors (Lipinski definition) is 2. The highest BCUT2D eigenvalue weighted by Crippen LogP contribution is 2.28. The second-order valence-corrected chi connectivity index (χ2v) is 6.01. The standard InChI is InChI=1S/C16H17N5O/c1-9-6-14(22)20-21-15(9)10-2-5-12-13(7-10)17-8-18-16(12)19-11-3-4-11/h2,5,7-9,11H,3-4,6H2,1H3,(H,20,22)(H,17,18,19). The molecule has 1 aliphatic heterocycles. The van der Waals surface area contributed by atoms with E-state index in [9.17, 15) is 4.79 Å². The van der Waals surface area contributed by atoms with Crippen LogP contribution in [0.15, 0.2) is 29.6 Å². The first-order valence-electron chi connectivity index (χ1n) is 7.59. The number of rotatable bonds is 3. The molecule has 1 aromatic heterocycles. The van der Waals surface area contributed by atoms with Gasteiger partial charge in [-0.3, -0.25) is 4.79 Å². The van der Waals surface area contributed by atoms with E-state index in [4.69, 9.17) is 0 Å². The lowest BCUT2D eigenvalue weighted by molar-refractivity contribution is -0.121. The van der Waals surface area contributed by atoms with Crippen LogP contribution >= 0.6 is 0 Å². The van der Waals surface area contributed by atoms with Crippen LogP contribution in [0.4, 0.5) is 5.82 Å². The summed E-state index contributed by atoms with van der Waals surface area (Å²) in [4.78, 5) is 20.1. The molecule has 2 N–H and O–H groups in total. The maximum atomic E-state index is 11.4. The molecule has 1 fully saturated rings. The van der Waals surface area contributed by atoms with Crippen LogP contribution in [-0.4, -0.2) is 27.6 Å². The van der Waals surface area contributed by atoms with E-state index in [1.807, 2.05) is 25.1 Å². The molecule has 6 nitrogen and oxygen atoms in total. The van der Waals surface area contributed by atoms with E-state index in [0.717, 1.165) is 28.0 Å². The van der Waals surface area contributed by atoms with E-state index in [2.05, 4.69) is 25.8 Å². The maximum Gasteiger partial charge on any atom is 0.240 e. The Labute approximate surface area is 128 Å². The molecule has 0 radical (unpaired) electrons. The van der Waals surface area contributed by atoms with E-state index >= 15 is 0 Å². The molecule has 4 rings (SSSR count). The van der Waals surface area contributed by atoms with Crippen molar-refractivity contribution in [3.05, 3.63) is 30.1 Å². The van der Waals surface area contributed by atoms with Gasteiger partial charge in [0.1, 0.15) is 12.1 Å². The zero-order valence-electron chi connectivity index (χ0n) is 12.3. The van der Waals surface area contributed by atoms with E-state index < -0.39 is 0 Å². The molecule has 112 valence electrons. The van der Waals surface area contributed by atoms with Crippen LogP contribution in [0.5, 0.6) is 0 Å². The molecule has 2 aliphatic rings. The molecule has 2 aromatic rings. The monoisotopic (exact) mass is 295 g/mol. The van der Waals surface area contributed by atoms with Crippen molar-refractivity contribution in [2.24, 2.45) is 11.0 Å². The van der Waals surface area contributed by atoms with Crippen molar-refractivity contribution in [1.82, 2.24) is 15.4 Å². The number of carbonyl (C=O) groups is 1. The van der Waals surface area contributed by atoms with E-state index in [1.165, 1.54) is 12.8 Å². The molecule has 1 atom stereocenters. The van der Waals surface area contributed by atoms with Crippen molar-refractivity contribution in [3.8, 4) is 0 Å². The largest absolute Gasteiger partial charge is 0.367 e. The van der Waals surface area contributed by atoms with Gasteiger partial charge in [0.2, 0.25) is 5.91 Å². The fourth-order valence-corrected chi connectivity index (χ4v) is 2.75. The fraction of sp³-hybridized carbons (Fsp3) is 0.375. The average Bonchev–Trinajstić information content (AvgIpc) is 3.31. The third-order valence-electron chi connectivity index (χ3n) is 4.11. The Balaban J connectivity index is 1.73. The molecule has 6 heteroatoms. The molecule has 1 aromatic carbocycles. The topological polar surface area (TPSA) is 79.3 Å². The fourth-order valence-electron chi connectivity index (χ4n) is 2.75. The summed E-state index contributed by atoms with van der Waals surface area (Å²) in [6, 6.07) is 6.62. The Hall–Kier alpha value is -2.50. The molecule has 2 heterocycles. The van der Waals surface area contributed by atoms with Crippen molar-refractivity contribution in [2.45, 2.75) is 32.2 Å². The van der Waals surface area contributed by atoms with Crippen molar-refractivity contribution in [3.63, 3.8) is 0 Å². The molecule has 1 amide bonds. The molecular weight excluding hydrogens is 278 g/mol. The van der Waals surface area contributed by atoms with Crippen LogP contribution in [0.1, 0.15) is 31.7 Å². The predicted octanol–water partition coefficient (Wildman–Crippen LogP) is 2.06. The Morgan fingerprint density at radius 3 is 2.91 bits per heavy atom. The molecule has 0 bridgehead atoms. The number of hydrazone groups is 1. The van der Waals surface area contributed by atoms with Gasteiger partial charge in [-0.25, -0.2) is 15.4 Å². The Bertz CT molecular complexity index is 781. The van der Waals surface area contributed by atoms with Crippen LogP contribution in [0, 0.1) is 5.92 Å². The normalized spacial score (nSPS) is 21.4. The van der Waals surface area contributed by atoms with Gasteiger partial charge in [0.05, 0.1) is 11.2 Å². The van der Waals surface area contributed by atoms with Gasteiger partial charge in [0, 0.05) is 29.3 Å². The summed E-state index contributed by atoms with van der Waals surface area (Å²) in [5.74, 6) is 0.971. The summed E-state index contributed by atoms with van der Waals surface area (Å²) in [6.07, 6.45) is 4.47. The van der Waals surface area contributed by atoms with Crippen LogP contribution in [0.2, 0.25) is 0 Å². The molecule has 1 unspecified atom stereocenters. The van der Waals surface area contributed by atoms with Gasteiger partial charge < -0.3 is 5.32 Å². The quantitative estimate of drug-likeness (QED) is 0.908. The van der Waals surface area contributed by atoms with E-state index in [-0.39, 0.29) is 11.8 Å². The Kier molecular flexibility index (Phi) is 3.03. The first kappa shape index (κ1) is 13.2. The first-order chi connectivity index (χ1) is 10.7. The molecular formula is C16H17N5O. The summed E-state index contributed by atoms with van der Waals surface area (Å²) < 4.78 is 0. The van der Waals surface area contributed by atoms with Crippen molar-refractivity contribution in [1.29, 1.82) is 0 Å². The smallest absolute Gasteiger partial charge is 0.240 e. The summed E-state index contributed by atoms with van der Waals surface area (Å²) in [5, 5.41) is 8.66. The van der Waals surface area contributed by atoms with Crippen molar-refractivity contribution >= 4 is 28.3 Å². The number of carbonyl (C=O) groups excluding carboxylic acids is 1. The number of fused-ring (bicyclic) bond motifs is 1. The summed E-state index contributed by atoms with van der Waals surface area (Å²) in [5.41, 5.74) is 5.35. The number of hydrogen-bond acceptors (Lipinski definition) is 5. The van der Waals surface area contributed by atoms with Gasteiger partial charge in [0.15, 0.2) is 0 Å². The highest BCUT2D eigenvalue weighted by Gasteiger charge is 2.24. The van der Waals surface area contributed by atoms with Crippen LogP contribution in [-0.2, 0) is 4.79 Å². The third kappa shape index (κ3) is 2.41. The van der Waals surface area contributed by atoms with Gasteiger partial charge in [-0.2, -0.15) is 5.10 Å². The second-order valence-electron chi connectivity index (χ2n) is 6.01. The van der Waals surface area contributed by atoms with Crippen molar-refractivity contribution < 1.29 is 4.79 Å². The minimum Gasteiger partial charge on any atom is -0.367 e. The second kappa shape index (κ2) is 5.05. The zero-order chi connectivity index (χ0) is 15.1. The van der Waals surface area contributed by atoms with Gasteiger partial charge in [-0.1, -0.05) is 13.0 Å². The van der Waals surface area contributed by atoms with Crippen molar-refractivity contribution in [2.75, 3.05) is 5.32 Å². The lowest BCUT2D eigenvalue weighted by Gasteiger charge is -2.19. The van der Waals surface area contributed by atoms with Gasteiger partial charge in [-0.15, -0.1) is 0 Å². The molecule has 1 aliphatic carbocycles. The highest BCUT2D eigenvalue weighted by atomic mass is 16.2. The zero-order valence-corrected chi connectivity index (χ0v) is 12.3. The summed E-state index contributed by atoms with van der Waals surface area (Å²) >= 11 is 0. The van der Waals surface area contributed by atoms with Crippen LogP contribution in [0.25, 0.3) is 10.9 Å². The first-order valence-corrected chi connectivity index (χ1v) is 7.59. The van der Waals surface area contributed by atoms with E-state index in [1.54, 1.807) is 6.33 Å². The minimum absolute atomic E-state index is 0.0321. The van der Waals surface area contributed by atoms with Gasteiger partial charge in [-0.05, 0) is 25.0 Å². The van der Waals surface area contributed by atoms with Crippen LogP contribution in [0.3, 0.4) is 0 Å². The minimum atomic E-state index is -0.0321. The number of aromatic nitrogens is 2. The third-order valence-corrected chi connectivity index (χ3v) is 4.11. The SMILES string of the molecule is CC1CC(=O)NN=C1c1ccc2c(NC3CC3)ncnc2c1. The predicted molar refractivity (Wildman–Crippen MR) is 84.6 cm³/mol. The number of nitrogens with one attached hydrogen (secondary N) is 2. The lowest BCUT2D eigenvalue weighted by atomic mass is 9.93. The summed E-state index contributed by atoms with van der Waals surface area (Å²) in [7, 11) is 0. The number of benzene rings is 1. The number of amides is 1. The lowest BCUT2D eigenvalue weighted by Crippen LogP contribution is -2.31. The van der Waals surface area contributed by atoms with E-state index in [0.29, 0.717) is 12.5 Å². The van der Waals surface area contributed by atoms with Gasteiger partial charge >= 0.3 is 0 Å². The molecule has 0 spiro atoms. The molecule has 1 saturated carbocycles. The highest BCUT2D eigenvalue weighted by molar-refractivity contribution is 6.07. The number of nitrogens with zero attached hydrogens (tertiary/aromatic N) is 3.